The Balaban J connectivity index is 2.07. The topological polar surface area (TPSA) is 41.1 Å². The first-order valence-corrected chi connectivity index (χ1v) is 4.74. The average Bonchev–Trinajstić information content (AvgIpc) is 2.82. The second-order valence-corrected chi connectivity index (χ2v) is 3.47. The standard InChI is InChI=1S/C9H18N2O/c1-3-10-6-9(12)11-7(2)8-4-5-8/h7-8,10H,3-6H2,1-2H3,(H,11,12). The van der Waals surface area contributed by atoms with Crippen molar-refractivity contribution in [3.63, 3.8) is 0 Å². The van der Waals surface area contributed by atoms with Crippen LogP contribution in [-0.4, -0.2) is 25.0 Å². The van der Waals surface area contributed by atoms with Crippen molar-refractivity contribution in [2.45, 2.75) is 32.7 Å². The predicted molar refractivity (Wildman–Crippen MR) is 48.9 cm³/mol. The Bertz CT molecular complexity index is 155. The molecule has 0 bridgehead atoms. The van der Waals surface area contributed by atoms with Gasteiger partial charge in [0.2, 0.25) is 5.91 Å². The van der Waals surface area contributed by atoms with Crippen LogP contribution in [-0.2, 0) is 4.79 Å². The van der Waals surface area contributed by atoms with Crippen molar-refractivity contribution in [1.82, 2.24) is 10.6 Å². The predicted octanol–water partition coefficient (Wildman–Crippen LogP) is 0.511. The van der Waals surface area contributed by atoms with Crippen molar-refractivity contribution in [1.29, 1.82) is 0 Å². The molecular weight excluding hydrogens is 152 g/mol. The lowest BCUT2D eigenvalue weighted by atomic mass is 10.2. The number of hydrogen-bond acceptors (Lipinski definition) is 2. The highest BCUT2D eigenvalue weighted by atomic mass is 16.1. The molecule has 1 aliphatic rings. The maximum Gasteiger partial charge on any atom is 0.234 e. The van der Waals surface area contributed by atoms with Gasteiger partial charge in [0.25, 0.3) is 0 Å². The van der Waals surface area contributed by atoms with Gasteiger partial charge in [0.15, 0.2) is 0 Å². The van der Waals surface area contributed by atoms with Gasteiger partial charge in [-0.3, -0.25) is 4.79 Å². The molecule has 3 nitrogen and oxygen atoms in total. The number of amides is 1. The van der Waals surface area contributed by atoms with Gasteiger partial charge in [-0.25, -0.2) is 0 Å². The van der Waals surface area contributed by atoms with Crippen LogP contribution in [0.4, 0.5) is 0 Å². The molecule has 0 radical (unpaired) electrons. The van der Waals surface area contributed by atoms with Gasteiger partial charge in [-0.05, 0) is 32.2 Å². The van der Waals surface area contributed by atoms with Crippen LogP contribution in [0.2, 0.25) is 0 Å². The van der Waals surface area contributed by atoms with Gasteiger partial charge < -0.3 is 10.6 Å². The van der Waals surface area contributed by atoms with Crippen molar-refractivity contribution in [3.8, 4) is 0 Å². The van der Waals surface area contributed by atoms with Crippen molar-refractivity contribution < 1.29 is 4.79 Å². The third-order valence-electron chi connectivity index (χ3n) is 2.25. The molecular formula is C9H18N2O. The monoisotopic (exact) mass is 170 g/mol. The molecule has 70 valence electrons. The van der Waals surface area contributed by atoms with Crippen molar-refractivity contribution in [2.24, 2.45) is 5.92 Å². The summed E-state index contributed by atoms with van der Waals surface area (Å²) in [5, 5.41) is 5.98. The van der Waals surface area contributed by atoms with E-state index in [9.17, 15) is 4.79 Å². The first kappa shape index (κ1) is 9.52. The van der Waals surface area contributed by atoms with Gasteiger partial charge in [0, 0.05) is 6.04 Å². The molecule has 0 aromatic rings. The molecule has 0 aromatic heterocycles. The second-order valence-electron chi connectivity index (χ2n) is 3.47. The SMILES string of the molecule is CCNCC(=O)NC(C)C1CC1. The van der Waals surface area contributed by atoms with Crippen LogP contribution in [0.5, 0.6) is 0 Å². The van der Waals surface area contributed by atoms with Crippen molar-refractivity contribution >= 4 is 5.91 Å². The molecule has 12 heavy (non-hydrogen) atoms. The van der Waals surface area contributed by atoms with Crippen molar-refractivity contribution in [3.05, 3.63) is 0 Å². The summed E-state index contributed by atoms with van der Waals surface area (Å²) >= 11 is 0. The van der Waals surface area contributed by atoms with Crippen LogP contribution in [0.15, 0.2) is 0 Å². The number of nitrogens with one attached hydrogen (secondary N) is 2. The zero-order chi connectivity index (χ0) is 8.97. The van der Waals surface area contributed by atoms with Gasteiger partial charge in [0.05, 0.1) is 6.54 Å². The Kier molecular flexibility index (Phi) is 3.53. The first-order chi connectivity index (χ1) is 5.74. The van der Waals surface area contributed by atoms with Gasteiger partial charge >= 0.3 is 0 Å². The average molecular weight is 170 g/mol. The van der Waals surface area contributed by atoms with Crippen LogP contribution in [0.25, 0.3) is 0 Å². The van der Waals surface area contributed by atoms with E-state index >= 15 is 0 Å². The lowest BCUT2D eigenvalue weighted by molar-refractivity contribution is -0.120. The third kappa shape index (κ3) is 3.22. The van der Waals surface area contributed by atoms with E-state index < -0.39 is 0 Å². The summed E-state index contributed by atoms with van der Waals surface area (Å²) in [4.78, 5) is 11.2. The van der Waals surface area contributed by atoms with Crippen LogP contribution < -0.4 is 10.6 Å². The number of carbonyl (C=O) groups is 1. The number of likely N-dealkylation sites (N-methyl/N-ethyl adjacent to an activating group) is 1. The Morgan fingerprint density at radius 1 is 1.58 bits per heavy atom. The number of rotatable bonds is 5. The maximum absolute atomic E-state index is 11.2. The summed E-state index contributed by atoms with van der Waals surface area (Å²) in [6.45, 7) is 5.39. The fraction of sp³-hybridized carbons (Fsp3) is 0.889. The van der Waals surface area contributed by atoms with Gasteiger partial charge in [0.1, 0.15) is 0 Å². The molecule has 2 N–H and O–H groups in total. The van der Waals surface area contributed by atoms with Crippen LogP contribution in [0.3, 0.4) is 0 Å². The first-order valence-electron chi connectivity index (χ1n) is 4.74. The summed E-state index contributed by atoms with van der Waals surface area (Å²) in [6.07, 6.45) is 2.56. The van der Waals surface area contributed by atoms with E-state index in [1.54, 1.807) is 0 Å². The van der Waals surface area contributed by atoms with E-state index in [0.717, 1.165) is 12.5 Å². The second kappa shape index (κ2) is 4.45. The van der Waals surface area contributed by atoms with Crippen LogP contribution in [0.1, 0.15) is 26.7 Å². The lowest BCUT2D eigenvalue weighted by Gasteiger charge is -2.12. The van der Waals surface area contributed by atoms with E-state index in [4.69, 9.17) is 0 Å². The van der Waals surface area contributed by atoms with E-state index in [-0.39, 0.29) is 5.91 Å². The molecule has 1 saturated carbocycles. The van der Waals surface area contributed by atoms with E-state index in [0.29, 0.717) is 12.6 Å². The molecule has 0 aromatic carbocycles. The number of carbonyl (C=O) groups excluding carboxylic acids is 1. The summed E-state index contributed by atoms with van der Waals surface area (Å²) in [7, 11) is 0. The Morgan fingerprint density at radius 2 is 2.25 bits per heavy atom. The van der Waals surface area contributed by atoms with Crippen molar-refractivity contribution in [2.75, 3.05) is 13.1 Å². The minimum Gasteiger partial charge on any atom is -0.352 e. The fourth-order valence-electron chi connectivity index (χ4n) is 1.26. The molecule has 0 heterocycles. The third-order valence-corrected chi connectivity index (χ3v) is 2.25. The Hall–Kier alpha value is -0.570. The van der Waals surface area contributed by atoms with Crippen LogP contribution >= 0.6 is 0 Å². The maximum atomic E-state index is 11.2. The smallest absolute Gasteiger partial charge is 0.234 e. The molecule has 1 rings (SSSR count). The minimum atomic E-state index is 0.122. The zero-order valence-electron chi connectivity index (χ0n) is 7.89. The molecule has 0 spiro atoms. The van der Waals surface area contributed by atoms with Gasteiger partial charge in [-0.2, -0.15) is 0 Å². The van der Waals surface area contributed by atoms with E-state index in [1.807, 2.05) is 6.92 Å². The normalized spacial score (nSPS) is 18.8. The molecule has 1 amide bonds. The minimum absolute atomic E-state index is 0.122. The largest absolute Gasteiger partial charge is 0.352 e. The molecule has 1 atom stereocenters. The quantitative estimate of drug-likeness (QED) is 0.631. The van der Waals surface area contributed by atoms with Gasteiger partial charge in [-0.15, -0.1) is 0 Å². The van der Waals surface area contributed by atoms with E-state index in [1.165, 1.54) is 12.8 Å². The van der Waals surface area contributed by atoms with E-state index in [2.05, 4.69) is 17.6 Å². The summed E-state index contributed by atoms with van der Waals surface area (Å²) < 4.78 is 0. The molecule has 3 heteroatoms. The molecule has 1 fully saturated rings. The summed E-state index contributed by atoms with van der Waals surface area (Å²) in [5.74, 6) is 0.867. The van der Waals surface area contributed by atoms with Gasteiger partial charge in [-0.1, -0.05) is 6.92 Å². The summed E-state index contributed by atoms with van der Waals surface area (Å²) in [5.41, 5.74) is 0. The Morgan fingerprint density at radius 3 is 2.75 bits per heavy atom. The molecule has 0 aliphatic heterocycles. The molecule has 1 unspecified atom stereocenters. The molecule has 0 saturated heterocycles. The highest BCUT2D eigenvalue weighted by Crippen LogP contribution is 2.32. The number of hydrogen-bond donors (Lipinski definition) is 2. The lowest BCUT2D eigenvalue weighted by Crippen LogP contribution is -2.39. The fourth-order valence-corrected chi connectivity index (χ4v) is 1.26. The van der Waals surface area contributed by atoms with Crippen LogP contribution in [0, 0.1) is 5.92 Å². The highest BCUT2D eigenvalue weighted by Gasteiger charge is 2.28. The molecule has 1 aliphatic carbocycles. The Labute approximate surface area is 73.9 Å². The zero-order valence-corrected chi connectivity index (χ0v) is 7.89. The highest BCUT2D eigenvalue weighted by molar-refractivity contribution is 5.78. The summed E-state index contributed by atoms with van der Waals surface area (Å²) in [6, 6.07) is 0.371.